The molecule has 2 aromatic carbocycles. The Balaban J connectivity index is 1.59. The van der Waals surface area contributed by atoms with Gasteiger partial charge >= 0.3 is 5.97 Å². The minimum absolute atomic E-state index is 0.0928. The van der Waals surface area contributed by atoms with Crippen LogP contribution in [0.15, 0.2) is 72.8 Å². The maximum atomic E-state index is 13.6. The second-order valence-electron chi connectivity index (χ2n) is 9.61. The van der Waals surface area contributed by atoms with E-state index < -0.39 is 17.0 Å². The third kappa shape index (κ3) is 3.34. The molecule has 4 heteroatoms. The number of carbonyl (C=O) groups is 2. The largest absolute Gasteiger partial charge is 0.478 e. The summed E-state index contributed by atoms with van der Waals surface area (Å²) in [6.45, 7) is 0. The van der Waals surface area contributed by atoms with Gasteiger partial charge in [0.1, 0.15) is 5.60 Å². The highest BCUT2D eigenvalue weighted by molar-refractivity contribution is 5.91. The number of carbonyl (C=O) groups excluding carboxylic acids is 1. The predicted molar refractivity (Wildman–Crippen MR) is 123 cm³/mol. The van der Waals surface area contributed by atoms with Gasteiger partial charge in [-0.1, -0.05) is 60.7 Å². The first-order chi connectivity index (χ1) is 15.4. The van der Waals surface area contributed by atoms with Gasteiger partial charge in [-0.2, -0.15) is 0 Å². The van der Waals surface area contributed by atoms with E-state index in [4.69, 9.17) is 0 Å². The van der Waals surface area contributed by atoms with Gasteiger partial charge in [-0.3, -0.25) is 4.79 Å². The molecule has 0 bridgehead atoms. The molecule has 0 spiro atoms. The zero-order valence-electron chi connectivity index (χ0n) is 18.0. The van der Waals surface area contributed by atoms with Gasteiger partial charge in [0.25, 0.3) is 0 Å². The molecule has 2 N–H and O–H groups in total. The van der Waals surface area contributed by atoms with Crippen LogP contribution in [-0.2, 0) is 23.1 Å². The summed E-state index contributed by atoms with van der Waals surface area (Å²) < 4.78 is 0. The van der Waals surface area contributed by atoms with Crippen LogP contribution in [0.5, 0.6) is 0 Å². The lowest BCUT2D eigenvalue weighted by Gasteiger charge is -2.54. The number of hydrogen-bond acceptors (Lipinski definition) is 3. The molecule has 3 aliphatic carbocycles. The van der Waals surface area contributed by atoms with E-state index in [-0.39, 0.29) is 29.6 Å². The van der Waals surface area contributed by atoms with E-state index in [2.05, 4.69) is 12.1 Å². The zero-order valence-corrected chi connectivity index (χ0v) is 18.0. The normalized spacial score (nSPS) is 31.1. The van der Waals surface area contributed by atoms with Gasteiger partial charge in [-0.05, 0) is 66.8 Å². The number of aliphatic hydroxyl groups is 1. The van der Waals surface area contributed by atoms with Crippen molar-refractivity contribution in [1.29, 1.82) is 0 Å². The number of hydrogen-bond donors (Lipinski definition) is 2. The van der Waals surface area contributed by atoms with Crippen molar-refractivity contribution in [3.8, 4) is 0 Å². The maximum absolute atomic E-state index is 13.6. The van der Waals surface area contributed by atoms with Crippen LogP contribution in [0.4, 0.5) is 0 Å². The Morgan fingerprint density at radius 1 is 1.09 bits per heavy atom. The lowest BCUT2D eigenvalue weighted by molar-refractivity contribution is -0.154. The van der Waals surface area contributed by atoms with E-state index in [0.717, 1.165) is 29.5 Å². The Hall–Kier alpha value is -2.98. The van der Waals surface area contributed by atoms with Crippen LogP contribution in [0.25, 0.3) is 0 Å². The summed E-state index contributed by atoms with van der Waals surface area (Å²) >= 11 is 0. The van der Waals surface area contributed by atoms with Crippen molar-refractivity contribution in [2.75, 3.05) is 0 Å². The summed E-state index contributed by atoms with van der Waals surface area (Å²) in [5.41, 5.74) is 1.78. The topological polar surface area (TPSA) is 74.6 Å². The molecule has 0 amide bonds. The fourth-order valence-electron chi connectivity index (χ4n) is 6.27. The Bertz CT molecular complexity index is 1120. The number of rotatable bonds is 4. The van der Waals surface area contributed by atoms with E-state index in [9.17, 15) is 19.8 Å². The average molecular weight is 429 g/mol. The van der Waals surface area contributed by atoms with E-state index in [1.165, 1.54) is 0 Å². The Labute approximate surface area is 188 Å². The highest BCUT2D eigenvalue weighted by atomic mass is 16.4. The second kappa shape index (κ2) is 7.86. The molecule has 4 atom stereocenters. The quantitative estimate of drug-likeness (QED) is 0.743. The number of aryl methyl sites for hydroxylation is 1. The molecule has 0 aliphatic heterocycles. The molecule has 3 aliphatic rings. The zero-order chi connectivity index (χ0) is 22.3. The van der Waals surface area contributed by atoms with Crippen LogP contribution < -0.4 is 0 Å². The molecule has 5 rings (SSSR count). The van der Waals surface area contributed by atoms with Crippen molar-refractivity contribution in [1.82, 2.24) is 0 Å². The van der Waals surface area contributed by atoms with Crippen LogP contribution >= 0.6 is 0 Å². The molecule has 0 aromatic heterocycles. The van der Waals surface area contributed by atoms with Gasteiger partial charge < -0.3 is 10.2 Å². The standard InChI is InChI=1S/C28H28O4/c29-25-18-27(16-19-7-3-1-4-8-19)23(17-28(25,32)22-9-5-2-6-10-22)13-11-20-15-21(26(30)31)12-14-24(20)27/h1-9,12,14-15,22-23,32H,10-11,13,16-18H2,(H,30,31)/t22?,23-,27-,28-/m1/s1. The van der Waals surface area contributed by atoms with Gasteiger partial charge in [0.15, 0.2) is 5.78 Å². The average Bonchev–Trinajstić information content (AvgIpc) is 2.81. The molecule has 1 saturated carbocycles. The molecular weight excluding hydrogens is 400 g/mol. The first-order valence-corrected chi connectivity index (χ1v) is 11.4. The summed E-state index contributed by atoms with van der Waals surface area (Å²) in [5, 5.41) is 21.1. The highest BCUT2D eigenvalue weighted by Crippen LogP contribution is 2.55. The lowest BCUT2D eigenvalue weighted by atomic mass is 9.50. The minimum Gasteiger partial charge on any atom is -0.478 e. The molecule has 164 valence electrons. The molecule has 4 nitrogen and oxygen atoms in total. The predicted octanol–water partition coefficient (Wildman–Crippen LogP) is 4.65. The summed E-state index contributed by atoms with van der Waals surface area (Å²) in [6, 6.07) is 15.6. The van der Waals surface area contributed by atoms with E-state index in [0.29, 0.717) is 19.3 Å². The number of ketones is 1. The molecule has 2 aromatic rings. The lowest BCUT2D eigenvalue weighted by Crippen LogP contribution is -2.59. The first kappa shape index (κ1) is 20.9. The monoisotopic (exact) mass is 428 g/mol. The van der Waals surface area contributed by atoms with Gasteiger partial charge in [-0.15, -0.1) is 0 Å². The van der Waals surface area contributed by atoms with Crippen molar-refractivity contribution in [3.63, 3.8) is 0 Å². The highest BCUT2D eigenvalue weighted by Gasteiger charge is 2.57. The van der Waals surface area contributed by atoms with Crippen molar-refractivity contribution in [2.45, 2.75) is 49.5 Å². The number of Topliss-reactive ketones (excluding diaryl/α,β-unsaturated/α-hetero) is 1. The van der Waals surface area contributed by atoms with Crippen LogP contribution in [0.3, 0.4) is 0 Å². The summed E-state index contributed by atoms with van der Waals surface area (Å²) in [4.78, 5) is 25.2. The fraction of sp³-hybridized carbons (Fsp3) is 0.357. The minimum atomic E-state index is -1.34. The van der Waals surface area contributed by atoms with Gasteiger partial charge in [0.2, 0.25) is 0 Å². The maximum Gasteiger partial charge on any atom is 0.335 e. The third-order valence-electron chi connectivity index (χ3n) is 7.91. The number of fused-ring (bicyclic) bond motifs is 3. The van der Waals surface area contributed by atoms with Crippen molar-refractivity contribution in [3.05, 3.63) is 95.1 Å². The molecule has 32 heavy (non-hydrogen) atoms. The summed E-state index contributed by atoms with van der Waals surface area (Å²) in [5.74, 6) is -1.07. The van der Waals surface area contributed by atoms with E-state index in [1.54, 1.807) is 12.1 Å². The van der Waals surface area contributed by atoms with Crippen LogP contribution in [0.2, 0.25) is 0 Å². The van der Waals surface area contributed by atoms with Gasteiger partial charge in [-0.25, -0.2) is 4.79 Å². The second-order valence-corrected chi connectivity index (χ2v) is 9.61. The van der Waals surface area contributed by atoms with Crippen LogP contribution in [0.1, 0.15) is 52.7 Å². The van der Waals surface area contributed by atoms with Crippen LogP contribution in [-0.4, -0.2) is 27.6 Å². The van der Waals surface area contributed by atoms with Crippen molar-refractivity contribution < 1.29 is 19.8 Å². The Kier molecular flexibility index (Phi) is 5.13. The first-order valence-electron chi connectivity index (χ1n) is 11.4. The molecule has 1 fully saturated rings. The van der Waals surface area contributed by atoms with E-state index in [1.807, 2.05) is 48.6 Å². The Morgan fingerprint density at radius 3 is 2.62 bits per heavy atom. The Morgan fingerprint density at radius 2 is 1.91 bits per heavy atom. The number of carboxylic acid groups (broad SMARTS) is 1. The molecule has 0 radical (unpaired) electrons. The smallest absolute Gasteiger partial charge is 0.335 e. The van der Waals surface area contributed by atoms with E-state index >= 15 is 0 Å². The summed E-state index contributed by atoms with van der Waals surface area (Å²) in [7, 11) is 0. The number of aromatic carboxylic acids is 1. The molecule has 0 saturated heterocycles. The summed E-state index contributed by atoms with van der Waals surface area (Å²) in [6.07, 6.45) is 11.6. The number of carboxylic acids is 1. The molecule has 0 heterocycles. The van der Waals surface area contributed by atoms with Crippen molar-refractivity contribution >= 4 is 11.8 Å². The third-order valence-corrected chi connectivity index (χ3v) is 7.91. The molecule has 1 unspecified atom stereocenters. The van der Waals surface area contributed by atoms with Crippen molar-refractivity contribution in [2.24, 2.45) is 11.8 Å². The fourth-order valence-corrected chi connectivity index (χ4v) is 6.27. The van der Waals surface area contributed by atoms with Gasteiger partial charge in [0, 0.05) is 17.8 Å². The number of allylic oxidation sites excluding steroid dienone is 3. The SMILES string of the molecule is O=C(O)c1ccc2c(c1)CC[C@@H]1C[C@@](O)(C3C=CC=CC3)C(=O)C[C@@]21Cc1ccccc1. The van der Waals surface area contributed by atoms with Gasteiger partial charge in [0.05, 0.1) is 5.56 Å². The number of benzene rings is 2. The van der Waals surface area contributed by atoms with Crippen LogP contribution in [0, 0.1) is 11.8 Å². The molecular formula is C28H28O4.